The van der Waals surface area contributed by atoms with Gasteiger partial charge in [-0.05, 0) is 14.0 Å². The highest BCUT2D eigenvalue weighted by Gasteiger charge is 2.02. The summed E-state index contributed by atoms with van der Waals surface area (Å²) in [6.45, 7) is 2.73. The molecule has 0 atom stereocenters. The fourth-order valence-corrected chi connectivity index (χ4v) is 0.760. The Kier molecular flexibility index (Phi) is 6.91. The molecular weight excluding hydrogens is 172 g/mol. The first-order valence-electron chi connectivity index (χ1n) is 4.27. The van der Waals surface area contributed by atoms with Crippen molar-refractivity contribution < 1.29 is 14.3 Å². The molecule has 0 aromatic carbocycles. The largest absolute Gasteiger partial charge is 0.466 e. The average Bonchev–Trinajstić information content (AvgIpc) is 2.05. The first-order chi connectivity index (χ1) is 6.20. The molecule has 5 heteroatoms. The van der Waals surface area contributed by atoms with Gasteiger partial charge in [0, 0.05) is 6.54 Å². The smallest absolute Gasteiger partial charge is 0.307 e. The van der Waals surface area contributed by atoms with Gasteiger partial charge in [0.05, 0.1) is 19.6 Å². The molecule has 0 saturated carbocycles. The Labute approximate surface area is 77.8 Å². The summed E-state index contributed by atoms with van der Waals surface area (Å²) in [5, 5.41) is 5.27. The van der Waals surface area contributed by atoms with Crippen molar-refractivity contribution >= 4 is 11.9 Å². The van der Waals surface area contributed by atoms with Gasteiger partial charge >= 0.3 is 5.97 Å². The molecule has 0 saturated heterocycles. The van der Waals surface area contributed by atoms with Crippen molar-refractivity contribution in [2.75, 3.05) is 26.7 Å². The lowest BCUT2D eigenvalue weighted by Gasteiger charge is -2.03. The molecule has 0 fully saturated rings. The molecule has 0 radical (unpaired) electrons. The zero-order valence-electron chi connectivity index (χ0n) is 8.05. The summed E-state index contributed by atoms with van der Waals surface area (Å²) in [7, 11) is 1.69. The molecule has 0 bridgehead atoms. The monoisotopic (exact) mass is 188 g/mol. The third-order valence-corrected chi connectivity index (χ3v) is 1.29. The molecule has 0 aromatic heterocycles. The van der Waals surface area contributed by atoms with E-state index >= 15 is 0 Å². The maximum absolute atomic E-state index is 10.9. The zero-order chi connectivity index (χ0) is 10.1. The van der Waals surface area contributed by atoms with Gasteiger partial charge in [-0.2, -0.15) is 0 Å². The van der Waals surface area contributed by atoms with E-state index in [1.807, 2.05) is 0 Å². The molecule has 5 nitrogen and oxygen atoms in total. The van der Waals surface area contributed by atoms with Crippen LogP contribution in [0.4, 0.5) is 0 Å². The second-order valence-electron chi connectivity index (χ2n) is 2.44. The Morgan fingerprint density at radius 3 is 2.62 bits per heavy atom. The van der Waals surface area contributed by atoms with Crippen LogP contribution in [0.2, 0.25) is 0 Å². The van der Waals surface area contributed by atoms with Crippen molar-refractivity contribution in [1.29, 1.82) is 0 Å². The summed E-state index contributed by atoms with van der Waals surface area (Å²) in [4.78, 5) is 21.6. The second-order valence-corrected chi connectivity index (χ2v) is 2.44. The number of ether oxygens (including phenoxy) is 1. The first-order valence-corrected chi connectivity index (χ1v) is 4.27. The van der Waals surface area contributed by atoms with Gasteiger partial charge in [-0.15, -0.1) is 0 Å². The summed E-state index contributed by atoms with van der Waals surface area (Å²) in [5.41, 5.74) is 0. The van der Waals surface area contributed by atoms with E-state index in [9.17, 15) is 9.59 Å². The van der Waals surface area contributed by atoms with Crippen LogP contribution in [-0.2, 0) is 14.3 Å². The molecule has 0 aliphatic rings. The highest BCUT2D eigenvalue weighted by atomic mass is 16.5. The molecule has 0 spiro atoms. The van der Waals surface area contributed by atoms with Crippen LogP contribution >= 0.6 is 0 Å². The first kappa shape index (κ1) is 11.9. The summed E-state index contributed by atoms with van der Waals surface area (Å²) >= 11 is 0. The van der Waals surface area contributed by atoms with Crippen LogP contribution in [0, 0.1) is 0 Å². The van der Waals surface area contributed by atoms with Crippen LogP contribution in [0.1, 0.15) is 13.3 Å². The minimum atomic E-state index is -0.285. The van der Waals surface area contributed by atoms with Crippen molar-refractivity contribution in [2.45, 2.75) is 13.3 Å². The van der Waals surface area contributed by atoms with Crippen molar-refractivity contribution in [3.8, 4) is 0 Å². The predicted molar refractivity (Wildman–Crippen MR) is 48.2 cm³/mol. The Balaban J connectivity index is 3.33. The Hall–Kier alpha value is -1.10. The fraction of sp³-hybridized carbons (Fsp3) is 0.750. The van der Waals surface area contributed by atoms with Crippen molar-refractivity contribution in [2.24, 2.45) is 0 Å². The SMILES string of the molecule is CCOC(=O)CCNC(=O)CNC. The van der Waals surface area contributed by atoms with Gasteiger partial charge in [0.15, 0.2) is 0 Å². The number of carbonyl (C=O) groups excluding carboxylic acids is 2. The lowest BCUT2D eigenvalue weighted by atomic mass is 10.4. The van der Waals surface area contributed by atoms with Gasteiger partial charge in [-0.3, -0.25) is 9.59 Å². The summed E-state index contributed by atoms with van der Waals surface area (Å²) < 4.78 is 4.68. The minimum Gasteiger partial charge on any atom is -0.466 e. The van der Waals surface area contributed by atoms with E-state index in [-0.39, 0.29) is 24.8 Å². The second kappa shape index (κ2) is 7.54. The Morgan fingerprint density at radius 2 is 2.08 bits per heavy atom. The van der Waals surface area contributed by atoms with Gasteiger partial charge in [0.25, 0.3) is 0 Å². The number of esters is 1. The van der Waals surface area contributed by atoms with E-state index in [2.05, 4.69) is 15.4 Å². The average molecular weight is 188 g/mol. The summed E-state index contributed by atoms with van der Waals surface area (Å²) in [5.74, 6) is -0.404. The molecule has 0 rings (SSSR count). The molecule has 0 aliphatic heterocycles. The summed E-state index contributed by atoms with van der Waals surface area (Å²) in [6, 6.07) is 0. The zero-order valence-corrected chi connectivity index (χ0v) is 8.05. The van der Waals surface area contributed by atoms with Gasteiger partial charge < -0.3 is 15.4 Å². The highest BCUT2D eigenvalue weighted by molar-refractivity contribution is 5.78. The lowest BCUT2D eigenvalue weighted by molar-refractivity contribution is -0.143. The predicted octanol–water partition coefficient (Wildman–Crippen LogP) is -0.725. The van der Waals surface area contributed by atoms with Crippen molar-refractivity contribution in [1.82, 2.24) is 10.6 Å². The van der Waals surface area contributed by atoms with Gasteiger partial charge in [0.2, 0.25) is 5.91 Å². The fourth-order valence-electron chi connectivity index (χ4n) is 0.760. The number of carbonyl (C=O) groups is 2. The van der Waals surface area contributed by atoms with Crippen LogP contribution < -0.4 is 10.6 Å². The number of likely N-dealkylation sites (N-methyl/N-ethyl adjacent to an activating group) is 1. The summed E-state index contributed by atoms with van der Waals surface area (Å²) in [6.07, 6.45) is 0.225. The van der Waals surface area contributed by atoms with E-state index in [4.69, 9.17) is 0 Å². The standard InChI is InChI=1S/C8H16N2O3/c1-3-13-8(12)4-5-10-7(11)6-9-2/h9H,3-6H2,1-2H3,(H,10,11). The van der Waals surface area contributed by atoms with Crippen molar-refractivity contribution in [3.05, 3.63) is 0 Å². The van der Waals surface area contributed by atoms with Crippen LogP contribution in [-0.4, -0.2) is 38.6 Å². The van der Waals surface area contributed by atoms with Gasteiger partial charge in [-0.1, -0.05) is 0 Å². The third-order valence-electron chi connectivity index (χ3n) is 1.29. The minimum absolute atomic E-state index is 0.119. The quantitative estimate of drug-likeness (QED) is 0.540. The lowest BCUT2D eigenvalue weighted by Crippen LogP contribution is -2.33. The molecule has 0 aromatic rings. The van der Waals surface area contributed by atoms with E-state index in [1.165, 1.54) is 0 Å². The normalized spacial score (nSPS) is 9.38. The van der Waals surface area contributed by atoms with E-state index in [0.717, 1.165) is 0 Å². The number of hydrogen-bond donors (Lipinski definition) is 2. The van der Waals surface area contributed by atoms with E-state index in [0.29, 0.717) is 13.2 Å². The number of rotatable bonds is 6. The van der Waals surface area contributed by atoms with Crippen LogP contribution in [0.5, 0.6) is 0 Å². The van der Waals surface area contributed by atoms with Crippen molar-refractivity contribution in [3.63, 3.8) is 0 Å². The molecule has 0 unspecified atom stereocenters. The molecule has 1 amide bonds. The topological polar surface area (TPSA) is 67.4 Å². The van der Waals surface area contributed by atoms with Gasteiger partial charge in [-0.25, -0.2) is 0 Å². The van der Waals surface area contributed by atoms with E-state index < -0.39 is 0 Å². The maximum Gasteiger partial charge on any atom is 0.307 e. The molecule has 0 aliphatic carbocycles. The van der Waals surface area contributed by atoms with Gasteiger partial charge in [0.1, 0.15) is 0 Å². The number of hydrogen-bond acceptors (Lipinski definition) is 4. The third kappa shape index (κ3) is 7.27. The Bertz CT molecular complexity index is 153. The molecule has 76 valence electrons. The molecule has 13 heavy (non-hydrogen) atoms. The Morgan fingerprint density at radius 1 is 1.38 bits per heavy atom. The van der Waals surface area contributed by atoms with Crippen LogP contribution in [0.25, 0.3) is 0 Å². The van der Waals surface area contributed by atoms with Crippen LogP contribution in [0.3, 0.4) is 0 Å². The molecule has 2 N–H and O–H groups in total. The van der Waals surface area contributed by atoms with Crippen LogP contribution in [0.15, 0.2) is 0 Å². The number of amides is 1. The maximum atomic E-state index is 10.9. The number of nitrogens with one attached hydrogen (secondary N) is 2. The highest BCUT2D eigenvalue weighted by Crippen LogP contribution is 1.83. The van der Waals surface area contributed by atoms with E-state index in [1.54, 1.807) is 14.0 Å². The molecular formula is C8H16N2O3. The molecule has 0 heterocycles.